The molecule has 0 atom stereocenters. The van der Waals surface area contributed by atoms with E-state index in [-0.39, 0.29) is 29.8 Å². The number of hydrogen-bond acceptors (Lipinski definition) is 4. The monoisotopic (exact) mass is 396 g/mol. The van der Waals surface area contributed by atoms with Crippen LogP contribution in [0.4, 0.5) is 4.39 Å². The largest absolute Gasteiger partial charge is 0.478 e. The number of carbonyl (C=O) groups excluding carboxylic acids is 1. The summed E-state index contributed by atoms with van der Waals surface area (Å²) in [4.78, 5) is 29.4. The number of carboxylic acids is 1. The first-order chi connectivity index (χ1) is 13.5. The summed E-state index contributed by atoms with van der Waals surface area (Å²) < 4.78 is 13.9. The highest BCUT2D eigenvalue weighted by molar-refractivity contribution is 7.17. The first kappa shape index (κ1) is 18.3. The minimum absolute atomic E-state index is 0.197. The normalized spacial score (nSPS) is 13.3. The molecule has 5 nitrogen and oxygen atoms in total. The molecule has 0 unspecified atom stereocenters. The highest BCUT2D eigenvalue weighted by Crippen LogP contribution is 2.40. The van der Waals surface area contributed by atoms with E-state index in [1.807, 2.05) is 0 Å². The number of aromatic nitrogens is 1. The van der Waals surface area contributed by atoms with Crippen LogP contribution in [0, 0.1) is 5.82 Å². The molecule has 0 aliphatic heterocycles. The molecule has 28 heavy (non-hydrogen) atoms. The zero-order chi connectivity index (χ0) is 19.7. The van der Waals surface area contributed by atoms with E-state index in [4.69, 9.17) is 0 Å². The number of pyridine rings is 1. The second-order valence-electron chi connectivity index (χ2n) is 6.64. The Balaban J connectivity index is 1.46. The number of aromatic carboxylic acids is 1. The number of rotatable bonds is 6. The van der Waals surface area contributed by atoms with Crippen LogP contribution in [0.5, 0.6) is 0 Å². The Morgan fingerprint density at radius 3 is 2.64 bits per heavy atom. The quantitative estimate of drug-likeness (QED) is 0.645. The predicted octanol–water partition coefficient (Wildman–Crippen LogP) is 4.45. The molecule has 1 aliphatic carbocycles. The Kier molecular flexibility index (Phi) is 4.92. The van der Waals surface area contributed by atoms with Crippen LogP contribution in [0.2, 0.25) is 0 Å². The first-order valence-electron chi connectivity index (χ1n) is 8.89. The molecule has 0 bridgehead atoms. The van der Waals surface area contributed by atoms with Crippen molar-refractivity contribution < 1.29 is 19.1 Å². The molecule has 3 aromatic rings. The molecule has 142 valence electrons. The van der Waals surface area contributed by atoms with Gasteiger partial charge in [-0.2, -0.15) is 0 Å². The third-order valence-electron chi connectivity index (χ3n) is 4.58. The van der Waals surface area contributed by atoms with Crippen LogP contribution in [0.3, 0.4) is 0 Å². The maximum absolute atomic E-state index is 13.9. The van der Waals surface area contributed by atoms with Crippen LogP contribution in [0.1, 0.15) is 50.2 Å². The van der Waals surface area contributed by atoms with Crippen molar-refractivity contribution in [3.63, 3.8) is 0 Å². The van der Waals surface area contributed by atoms with Gasteiger partial charge in [0.1, 0.15) is 5.82 Å². The van der Waals surface area contributed by atoms with E-state index in [0.29, 0.717) is 26.7 Å². The van der Waals surface area contributed by atoms with Crippen molar-refractivity contribution in [3.8, 4) is 10.4 Å². The Labute approximate surface area is 164 Å². The molecule has 2 aromatic heterocycles. The molecule has 2 heterocycles. The molecule has 1 aromatic carbocycles. The zero-order valence-electron chi connectivity index (χ0n) is 14.8. The highest BCUT2D eigenvalue weighted by atomic mass is 32.1. The zero-order valence-corrected chi connectivity index (χ0v) is 15.6. The van der Waals surface area contributed by atoms with Gasteiger partial charge in [-0.05, 0) is 43.2 Å². The maximum atomic E-state index is 13.9. The van der Waals surface area contributed by atoms with Gasteiger partial charge in [0.2, 0.25) is 0 Å². The van der Waals surface area contributed by atoms with Gasteiger partial charge in [0.15, 0.2) is 0 Å². The lowest BCUT2D eigenvalue weighted by atomic mass is 10.1. The van der Waals surface area contributed by atoms with Crippen molar-refractivity contribution in [2.45, 2.75) is 25.3 Å². The standard InChI is InChI=1S/C21H17FN2O3S/c22-16-4-2-1-3-14(16)17-9-10-18(28-17)20(25)23-11-13-7-8-15(21(26)27)19(24-13)12-5-6-12/h1-4,7-10,12H,5-6,11H2,(H,23,25)(H,26,27). The molecule has 0 spiro atoms. The summed E-state index contributed by atoms with van der Waals surface area (Å²) in [6.07, 6.45) is 1.88. The number of carbonyl (C=O) groups is 2. The van der Waals surface area contributed by atoms with Gasteiger partial charge in [0, 0.05) is 16.4 Å². The van der Waals surface area contributed by atoms with Crippen molar-refractivity contribution in [1.82, 2.24) is 10.3 Å². The molecule has 1 saturated carbocycles. The smallest absolute Gasteiger partial charge is 0.337 e. The molecule has 2 N–H and O–H groups in total. The SMILES string of the molecule is O=C(NCc1ccc(C(=O)O)c(C2CC2)n1)c1ccc(-c2ccccc2F)s1. The highest BCUT2D eigenvalue weighted by Gasteiger charge is 2.29. The lowest BCUT2D eigenvalue weighted by Gasteiger charge is -2.08. The summed E-state index contributed by atoms with van der Waals surface area (Å²) in [5.74, 6) is -1.39. The second-order valence-corrected chi connectivity index (χ2v) is 7.73. The van der Waals surface area contributed by atoms with E-state index in [9.17, 15) is 19.1 Å². The third-order valence-corrected chi connectivity index (χ3v) is 5.69. The summed E-state index contributed by atoms with van der Waals surface area (Å²) in [6.45, 7) is 0.200. The first-order valence-corrected chi connectivity index (χ1v) is 9.70. The van der Waals surface area contributed by atoms with Gasteiger partial charge >= 0.3 is 5.97 Å². The fourth-order valence-corrected chi connectivity index (χ4v) is 3.94. The van der Waals surface area contributed by atoms with E-state index in [0.717, 1.165) is 12.8 Å². The lowest BCUT2D eigenvalue weighted by molar-refractivity contribution is 0.0694. The van der Waals surface area contributed by atoms with E-state index in [1.54, 1.807) is 42.5 Å². The van der Waals surface area contributed by atoms with E-state index < -0.39 is 5.97 Å². The molecule has 1 aliphatic rings. The topological polar surface area (TPSA) is 79.3 Å². The van der Waals surface area contributed by atoms with Gasteiger partial charge in [0.25, 0.3) is 5.91 Å². The summed E-state index contributed by atoms with van der Waals surface area (Å²) in [5, 5.41) is 12.1. The summed E-state index contributed by atoms with van der Waals surface area (Å²) in [6, 6.07) is 13.0. The minimum atomic E-state index is -0.982. The summed E-state index contributed by atoms with van der Waals surface area (Å²) in [5.41, 5.74) is 1.90. The second kappa shape index (κ2) is 7.52. The number of thiophene rings is 1. The fourth-order valence-electron chi connectivity index (χ4n) is 2.99. The van der Waals surface area contributed by atoms with Crippen molar-refractivity contribution in [1.29, 1.82) is 0 Å². The number of carboxylic acid groups (broad SMARTS) is 1. The number of amides is 1. The average Bonchev–Trinajstić information content (AvgIpc) is 3.43. The molecule has 1 amide bonds. The van der Waals surface area contributed by atoms with Gasteiger partial charge in [0.05, 0.1) is 28.4 Å². The van der Waals surface area contributed by atoms with Gasteiger partial charge in [-0.15, -0.1) is 11.3 Å². The average molecular weight is 396 g/mol. The Morgan fingerprint density at radius 2 is 1.93 bits per heavy atom. The van der Waals surface area contributed by atoms with Crippen LogP contribution in [0.15, 0.2) is 48.5 Å². The summed E-state index contributed by atoms with van der Waals surface area (Å²) in [7, 11) is 0. The van der Waals surface area contributed by atoms with Crippen LogP contribution in [0.25, 0.3) is 10.4 Å². The van der Waals surface area contributed by atoms with E-state index in [2.05, 4.69) is 10.3 Å². The third kappa shape index (κ3) is 3.80. The lowest BCUT2D eigenvalue weighted by Crippen LogP contribution is -2.22. The van der Waals surface area contributed by atoms with E-state index in [1.165, 1.54) is 17.4 Å². The van der Waals surface area contributed by atoms with Crippen molar-refractivity contribution >= 4 is 23.2 Å². The van der Waals surface area contributed by atoms with Crippen molar-refractivity contribution in [3.05, 3.63) is 76.2 Å². The number of nitrogens with zero attached hydrogens (tertiary/aromatic N) is 1. The van der Waals surface area contributed by atoms with Gasteiger partial charge < -0.3 is 10.4 Å². The van der Waals surface area contributed by atoms with Crippen LogP contribution in [-0.4, -0.2) is 22.0 Å². The molecule has 4 rings (SSSR count). The Bertz CT molecular complexity index is 1060. The molecule has 7 heteroatoms. The van der Waals surface area contributed by atoms with Crippen LogP contribution in [-0.2, 0) is 6.54 Å². The molecule has 0 radical (unpaired) electrons. The molecular formula is C21H17FN2O3S. The molecule has 1 fully saturated rings. The predicted molar refractivity (Wildman–Crippen MR) is 104 cm³/mol. The fraction of sp³-hybridized carbons (Fsp3) is 0.190. The van der Waals surface area contributed by atoms with Gasteiger partial charge in [-0.25, -0.2) is 9.18 Å². The maximum Gasteiger partial charge on any atom is 0.337 e. The molecular weight excluding hydrogens is 379 g/mol. The minimum Gasteiger partial charge on any atom is -0.478 e. The van der Waals surface area contributed by atoms with Crippen molar-refractivity contribution in [2.75, 3.05) is 0 Å². The number of hydrogen-bond donors (Lipinski definition) is 2. The van der Waals surface area contributed by atoms with Crippen molar-refractivity contribution in [2.24, 2.45) is 0 Å². The Morgan fingerprint density at radius 1 is 1.14 bits per heavy atom. The van der Waals surface area contributed by atoms with Crippen LogP contribution >= 0.6 is 11.3 Å². The van der Waals surface area contributed by atoms with Gasteiger partial charge in [-0.3, -0.25) is 9.78 Å². The summed E-state index contributed by atoms with van der Waals surface area (Å²) >= 11 is 1.22. The van der Waals surface area contributed by atoms with Crippen LogP contribution < -0.4 is 5.32 Å². The van der Waals surface area contributed by atoms with E-state index >= 15 is 0 Å². The molecule has 0 saturated heterocycles. The number of halogens is 1. The Hall–Kier alpha value is -3.06. The number of nitrogens with one attached hydrogen (secondary N) is 1. The van der Waals surface area contributed by atoms with Gasteiger partial charge in [-0.1, -0.05) is 18.2 Å². The number of benzene rings is 1.